The SMILES string of the molecule is CCC1ON=C2c3ccccc3CCC21. The first-order valence-electron chi connectivity index (χ1n) is 5.72. The van der Waals surface area contributed by atoms with E-state index >= 15 is 0 Å². The topological polar surface area (TPSA) is 21.6 Å². The van der Waals surface area contributed by atoms with E-state index in [1.165, 1.54) is 29.7 Å². The van der Waals surface area contributed by atoms with Crippen molar-refractivity contribution in [1.82, 2.24) is 0 Å². The van der Waals surface area contributed by atoms with Crippen LogP contribution in [-0.2, 0) is 11.3 Å². The molecule has 0 N–H and O–H groups in total. The molecule has 1 heterocycles. The number of hydrogen-bond acceptors (Lipinski definition) is 2. The smallest absolute Gasteiger partial charge is 0.135 e. The van der Waals surface area contributed by atoms with Crippen molar-refractivity contribution in [1.29, 1.82) is 0 Å². The molecular weight excluding hydrogens is 186 g/mol. The number of aryl methyl sites for hydroxylation is 1. The Morgan fingerprint density at radius 2 is 2.27 bits per heavy atom. The molecule has 1 aliphatic heterocycles. The van der Waals surface area contributed by atoms with E-state index in [1.807, 2.05) is 0 Å². The minimum absolute atomic E-state index is 0.313. The van der Waals surface area contributed by atoms with Crippen molar-refractivity contribution < 1.29 is 4.84 Å². The van der Waals surface area contributed by atoms with Gasteiger partial charge >= 0.3 is 0 Å². The summed E-state index contributed by atoms with van der Waals surface area (Å²) >= 11 is 0. The summed E-state index contributed by atoms with van der Waals surface area (Å²) in [7, 11) is 0. The van der Waals surface area contributed by atoms with Crippen LogP contribution in [0.3, 0.4) is 0 Å². The van der Waals surface area contributed by atoms with Crippen molar-refractivity contribution in [3.05, 3.63) is 35.4 Å². The molecule has 15 heavy (non-hydrogen) atoms. The van der Waals surface area contributed by atoms with Gasteiger partial charge in [-0.15, -0.1) is 0 Å². The van der Waals surface area contributed by atoms with E-state index in [9.17, 15) is 0 Å². The van der Waals surface area contributed by atoms with Gasteiger partial charge in [0.15, 0.2) is 0 Å². The van der Waals surface area contributed by atoms with Crippen LogP contribution in [-0.4, -0.2) is 11.8 Å². The average molecular weight is 201 g/mol. The van der Waals surface area contributed by atoms with E-state index in [0.29, 0.717) is 12.0 Å². The lowest BCUT2D eigenvalue weighted by atomic mass is 9.79. The zero-order valence-electron chi connectivity index (χ0n) is 8.94. The van der Waals surface area contributed by atoms with E-state index in [2.05, 4.69) is 36.3 Å². The molecule has 0 saturated carbocycles. The first-order chi connectivity index (χ1) is 7.40. The first-order valence-corrected chi connectivity index (χ1v) is 5.72. The van der Waals surface area contributed by atoms with Gasteiger partial charge < -0.3 is 4.84 Å². The fourth-order valence-electron chi connectivity index (χ4n) is 2.67. The Hall–Kier alpha value is -1.31. The fourth-order valence-corrected chi connectivity index (χ4v) is 2.67. The van der Waals surface area contributed by atoms with Gasteiger partial charge in [-0.05, 0) is 24.8 Å². The maximum atomic E-state index is 5.49. The van der Waals surface area contributed by atoms with Crippen molar-refractivity contribution >= 4 is 5.71 Å². The Labute approximate surface area is 89.9 Å². The lowest BCUT2D eigenvalue weighted by Crippen LogP contribution is -2.28. The number of hydrogen-bond donors (Lipinski definition) is 0. The second-order valence-electron chi connectivity index (χ2n) is 4.33. The van der Waals surface area contributed by atoms with Crippen molar-refractivity contribution in [2.45, 2.75) is 32.3 Å². The van der Waals surface area contributed by atoms with Gasteiger partial charge in [0, 0.05) is 11.5 Å². The van der Waals surface area contributed by atoms with Crippen LogP contribution in [0, 0.1) is 5.92 Å². The predicted octanol–water partition coefficient (Wildman–Crippen LogP) is 2.76. The summed E-state index contributed by atoms with van der Waals surface area (Å²) in [5, 5.41) is 4.27. The van der Waals surface area contributed by atoms with Crippen LogP contribution in [0.15, 0.2) is 29.4 Å². The van der Waals surface area contributed by atoms with Crippen LogP contribution in [0.2, 0.25) is 0 Å². The van der Waals surface area contributed by atoms with Gasteiger partial charge in [0.1, 0.15) is 6.10 Å². The molecule has 2 aliphatic rings. The maximum absolute atomic E-state index is 5.49. The van der Waals surface area contributed by atoms with Crippen molar-refractivity contribution in [2.75, 3.05) is 0 Å². The summed E-state index contributed by atoms with van der Waals surface area (Å²) in [5.74, 6) is 0.532. The lowest BCUT2D eigenvalue weighted by Gasteiger charge is -2.23. The van der Waals surface area contributed by atoms with Gasteiger partial charge in [0.25, 0.3) is 0 Å². The standard InChI is InChI=1S/C13H15NO/c1-2-12-11-8-7-9-5-3-4-6-10(9)13(11)14-15-12/h3-6,11-12H,2,7-8H2,1H3. The highest BCUT2D eigenvalue weighted by atomic mass is 16.6. The predicted molar refractivity (Wildman–Crippen MR) is 60.0 cm³/mol. The third-order valence-electron chi connectivity index (χ3n) is 3.51. The molecule has 1 aromatic carbocycles. The number of rotatable bonds is 1. The molecule has 78 valence electrons. The zero-order valence-corrected chi connectivity index (χ0v) is 8.94. The highest BCUT2D eigenvalue weighted by Crippen LogP contribution is 2.34. The summed E-state index contributed by atoms with van der Waals surface area (Å²) in [6, 6.07) is 8.56. The molecule has 2 nitrogen and oxygen atoms in total. The maximum Gasteiger partial charge on any atom is 0.135 e. The largest absolute Gasteiger partial charge is 0.392 e. The van der Waals surface area contributed by atoms with Gasteiger partial charge in [0.05, 0.1) is 5.71 Å². The van der Waals surface area contributed by atoms with Gasteiger partial charge in [-0.2, -0.15) is 0 Å². The van der Waals surface area contributed by atoms with Crippen molar-refractivity contribution in [3.63, 3.8) is 0 Å². The molecule has 1 aliphatic carbocycles. The quantitative estimate of drug-likeness (QED) is 0.684. The molecule has 0 bridgehead atoms. The second kappa shape index (κ2) is 3.37. The van der Waals surface area contributed by atoms with E-state index in [1.54, 1.807) is 0 Å². The Kier molecular flexibility index (Phi) is 2.01. The highest BCUT2D eigenvalue weighted by Gasteiger charge is 2.36. The van der Waals surface area contributed by atoms with Crippen LogP contribution < -0.4 is 0 Å². The summed E-state index contributed by atoms with van der Waals surface area (Å²) in [4.78, 5) is 5.49. The molecule has 0 radical (unpaired) electrons. The van der Waals surface area contributed by atoms with Crippen LogP contribution in [0.25, 0.3) is 0 Å². The van der Waals surface area contributed by atoms with Gasteiger partial charge in [0.2, 0.25) is 0 Å². The summed E-state index contributed by atoms with van der Waals surface area (Å²) < 4.78 is 0. The van der Waals surface area contributed by atoms with E-state index in [0.717, 1.165) is 6.42 Å². The molecule has 0 aromatic heterocycles. The molecule has 0 spiro atoms. The Morgan fingerprint density at radius 1 is 1.40 bits per heavy atom. The molecule has 0 amide bonds. The fraction of sp³-hybridized carbons (Fsp3) is 0.462. The molecule has 0 saturated heterocycles. The van der Waals surface area contributed by atoms with Gasteiger partial charge in [-0.1, -0.05) is 36.3 Å². The number of fused-ring (bicyclic) bond motifs is 3. The minimum atomic E-state index is 0.313. The minimum Gasteiger partial charge on any atom is -0.392 e. The molecule has 3 rings (SSSR count). The van der Waals surface area contributed by atoms with Crippen molar-refractivity contribution in [3.8, 4) is 0 Å². The second-order valence-corrected chi connectivity index (χ2v) is 4.33. The van der Waals surface area contributed by atoms with Crippen LogP contribution >= 0.6 is 0 Å². The molecule has 1 aromatic rings. The van der Waals surface area contributed by atoms with Gasteiger partial charge in [-0.3, -0.25) is 0 Å². The first kappa shape index (κ1) is 8.96. The number of benzene rings is 1. The summed E-state index contributed by atoms with van der Waals surface area (Å²) in [5.41, 5.74) is 3.92. The molecule has 2 heteroatoms. The zero-order chi connectivity index (χ0) is 10.3. The summed E-state index contributed by atoms with van der Waals surface area (Å²) in [6.07, 6.45) is 3.72. The molecule has 0 fully saturated rings. The van der Waals surface area contributed by atoms with Crippen LogP contribution in [0.4, 0.5) is 0 Å². The average Bonchev–Trinajstić information content (AvgIpc) is 2.72. The van der Waals surface area contributed by atoms with Gasteiger partial charge in [-0.25, -0.2) is 0 Å². The Bertz CT molecular complexity index is 411. The Morgan fingerprint density at radius 3 is 3.13 bits per heavy atom. The highest BCUT2D eigenvalue weighted by molar-refractivity contribution is 6.05. The normalized spacial score (nSPS) is 27.7. The van der Waals surface area contributed by atoms with E-state index in [-0.39, 0.29) is 0 Å². The monoisotopic (exact) mass is 201 g/mol. The van der Waals surface area contributed by atoms with Crippen LogP contribution in [0.1, 0.15) is 30.9 Å². The van der Waals surface area contributed by atoms with Crippen molar-refractivity contribution in [2.24, 2.45) is 11.1 Å². The van der Waals surface area contributed by atoms with E-state index < -0.39 is 0 Å². The van der Waals surface area contributed by atoms with E-state index in [4.69, 9.17) is 4.84 Å². The number of nitrogens with zero attached hydrogens (tertiary/aromatic N) is 1. The number of oxime groups is 1. The molecule has 2 unspecified atom stereocenters. The lowest BCUT2D eigenvalue weighted by molar-refractivity contribution is 0.0573. The third-order valence-corrected chi connectivity index (χ3v) is 3.51. The molecule has 2 atom stereocenters. The molecular formula is C13H15NO. The van der Waals surface area contributed by atoms with Crippen LogP contribution in [0.5, 0.6) is 0 Å². The summed E-state index contributed by atoms with van der Waals surface area (Å²) in [6.45, 7) is 2.17. The Balaban J connectivity index is 2.02. The third kappa shape index (κ3) is 1.28.